The highest BCUT2D eigenvalue weighted by molar-refractivity contribution is 7.91. The molecule has 1 heterocycles. The normalized spacial score (nSPS) is 16.8. The summed E-state index contributed by atoms with van der Waals surface area (Å²) in [5.74, 6) is 0.454. The summed E-state index contributed by atoms with van der Waals surface area (Å²) in [5, 5.41) is 0.273. The van der Waals surface area contributed by atoms with Gasteiger partial charge in [0.15, 0.2) is 6.61 Å². The molecule has 0 aliphatic carbocycles. The topological polar surface area (TPSA) is 63.7 Å². The Labute approximate surface area is 129 Å². The van der Waals surface area contributed by atoms with Crippen molar-refractivity contribution in [3.8, 4) is 5.75 Å². The molecule has 1 saturated heterocycles. The second-order valence-electron chi connectivity index (χ2n) is 5.15. The number of rotatable bonds is 4. The van der Waals surface area contributed by atoms with Crippen LogP contribution in [-0.2, 0) is 14.6 Å². The summed E-state index contributed by atoms with van der Waals surface area (Å²) in [6, 6.07) is 6.79. The van der Waals surface area contributed by atoms with Crippen LogP contribution < -0.4 is 4.74 Å². The first-order valence-electron chi connectivity index (χ1n) is 6.71. The lowest BCUT2D eigenvalue weighted by Gasteiger charge is -2.31. The molecule has 1 aromatic rings. The number of hydrogen-bond donors (Lipinski definition) is 0. The number of carbonyl (C=O) groups is 1. The molecule has 0 bridgehead atoms. The molecule has 0 spiro atoms. The van der Waals surface area contributed by atoms with Crippen LogP contribution >= 0.6 is 11.6 Å². The molecule has 7 heteroatoms. The van der Waals surface area contributed by atoms with Gasteiger partial charge in [-0.25, -0.2) is 8.42 Å². The van der Waals surface area contributed by atoms with Crippen LogP contribution in [0.25, 0.3) is 0 Å². The van der Waals surface area contributed by atoms with Crippen LogP contribution in [-0.4, -0.2) is 50.4 Å². The highest BCUT2D eigenvalue weighted by Gasteiger charge is 2.28. The molecule has 1 aliphatic heterocycles. The summed E-state index contributed by atoms with van der Waals surface area (Å²) in [6.45, 7) is 0.867. The Morgan fingerprint density at radius 1 is 1.29 bits per heavy atom. The molecule has 0 unspecified atom stereocenters. The second-order valence-corrected chi connectivity index (χ2v) is 7.91. The van der Waals surface area contributed by atoms with Crippen molar-refractivity contribution in [2.75, 3.05) is 26.0 Å². The smallest absolute Gasteiger partial charge is 0.260 e. The molecule has 1 aromatic carbocycles. The maximum absolute atomic E-state index is 12.0. The number of sulfone groups is 1. The number of likely N-dealkylation sites (tertiary alicyclic amines) is 1. The summed E-state index contributed by atoms with van der Waals surface area (Å²) in [4.78, 5) is 13.7. The van der Waals surface area contributed by atoms with Crippen molar-refractivity contribution >= 4 is 27.3 Å². The first-order chi connectivity index (χ1) is 9.86. The Morgan fingerprint density at radius 3 is 2.38 bits per heavy atom. The average Bonchev–Trinajstić information content (AvgIpc) is 2.45. The van der Waals surface area contributed by atoms with Crippen LogP contribution in [0.4, 0.5) is 0 Å². The van der Waals surface area contributed by atoms with Crippen molar-refractivity contribution in [2.24, 2.45) is 0 Å². The highest BCUT2D eigenvalue weighted by Crippen LogP contribution is 2.18. The maximum Gasteiger partial charge on any atom is 0.260 e. The number of amides is 1. The minimum atomic E-state index is -3.02. The molecule has 0 radical (unpaired) electrons. The zero-order valence-corrected chi connectivity index (χ0v) is 13.4. The fourth-order valence-electron chi connectivity index (χ4n) is 2.30. The van der Waals surface area contributed by atoms with Gasteiger partial charge in [0.25, 0.3) is 5.91 Å². The molecule has 1 amide bonds. The van der Waals surface area contributed by atoms with Gasteiger partial charge in [-0.2, -0.15) is 0 Å². The molecule has 1 aliphatic rings. The van der Waals surface area contributed by atoms with Gasteiger partial charge in [0.1, 0.15) is 15.6 Å². The van der Waals surface area contributed by atoms with Gasteiger partial charge in [-0.3, -0.25) is 4.79 Å². The predicted molar refractivity (Wildman–Crippen MR) is 81.4 cm³/mol. The molecule has 0 atom stereocenters. The van der Waals surface area contributed by atoms with E-state index in [1.165, 1.54) is 6.26 Å². The minimum absolute atomic E-state index is 0.0504. The molecule has 21 heavy (non-hydrogen) atoms. The third-order valence-corrected chi connectivity index (χ3v) is 5.51. The van der Waals surface area contributed by atoms with E-state index in [0.29, 0.717) is 36.7 Å². The zero-order valence-electron chi connectivity index (χ0n) is 11.8. The van der Waals surface area contributed by atoms with Crippen LogP contribution in [0.3, 0.4) is 0 Å². The lowest BCUT2D eigenvalue weighted by molar-refractivity contribution is -0.134. The van der Waals surface area contributed by atoms with Crippen molar-refractivity contribution in [1.82, 2.24) is 4.90 Å². The quantitative estimate of drug-likeness (QED) is 0.843. The van der Waals surface area contributed by atoms with Gasteiger partial charge in [0, 0.05) is 24.4 Å². The number of benzene rings is 1. The number of nitrogens with zero attached hydrogens (tertiary/aromatic N) is 1. The second kappa shape index (κ2) is 6.66. The lowest BCUT2D eigenvalue weighted by atomic mass is 10.1. The molecule has 5 nitrogen and oxygen atoms in total. The predicted octanol–water partition coefficient (Wildman–Crippen LogP) is 1.75. The van der Waals surface area contributed by atoms with Crippen molar-refractivity contribution in [1.29, 1.82) is 0 Å². The van der Waals surface area contributed by atoms with Crippen LogP contribution in [0.15, 0.2) is 24.3 Å². The van der Waals surface area contributed by atoms with Crippen LogP contribution in [0.5, 0.6) is 5.75 Å². The number of hydrogen-bond acceptors (Lipinski definition) is 4. The third-order valence-electron chi connectivity index (χ3n) is 3.58. The van der Waals surface area contributed by atoms with Crippen molar-refractivity contribution < 1.29 is 17.9 Å². The van der Waals surface area contributed by atoms with Gasteiger partial charge >= 0.3 is 0 Å². The summed E-state index contributed by atoms with van der Waals surface area (Å²) in [6.07, 6.45) is 2.23. The standard InChI is InChI=1S/C14H18ClNO4S/c1-21(18,19)13-6-8-16(9-7-13)14(17)10-20-12-4-2-11(15)3-5-12/h2-5,13H,6-10H2,1H3. The van der Waals surface area contributed by atoms with Crippen molar-refractivity contribution in [3.63, 3.8) is 0 Å². The summed E-state index contributed by atoms with van der Waals surface area (Å²) in [7, 11) is -3.02. The average molecular weight is 332 g/mol. The molecule has 2 rings (SSSR count). The summed E-state index contributed by atoms with van der Waals surface area (Å²) in [5.41, 5.74) is 0. The van der Waals surface area contributed by atoms with Gasteiger partial charge in [0.2, 0.25) is 0 Å². The van der Waals surface area contributed by atoms with Crippen molar-refractivity contribution in [3.05, 3.63) is 29.3 Å². The highest BCUT2D eigenvalue weighted by atomic mass is 35.5. The fourth-order valence-corrected chi connectivity index (χ4v) is 3.49. The van der Waals surface area contributed by atoms with E-state index in [1.54, 1.807) is 29.2 Å². The van der Waals surface area contributed by atoms with E-state index in [0.717, 1.165) is 0 Å². The van der Waals surface area contributed by atoms with Crippen LogP contribution in [0.1, 0.15) is 12.8 Å². The van der Waals surface area contributed by atoms with E-state index >= 15 is 0 Å². The molecule has 1 fully saturated rings. The number of piperidine rings is 1. The molecular weight excluding hydrogens is 314 g/mol. The largest absolute Gasteiger partial charge is 0.484 e. The van der Waals surface area contributed by atoms with Gasteiger partial charge < -0.3 is 9.64 Å². The summed E-state index contributed by atoms with van der Waals surface area (Å²) < 4.78 is 28.3. The maximum atomic E-state index is 12.0. The van der Waals surface area contributed by atoms with Gasteiger partial charge in [-0.1, -0.05) is 11.6 Å². The Morgan fingerprint density at radius 2 is 1.86 bits per heavy atom. The molecular formula is C14H18ClNO4S. The van der Waals surface area contributed by atoms with E-state index in [9.17, 15) is 13.2 Å². The van der Waals surface area contributed by atoms with E-state index in [1.807, 2.05) is 0 Å². The van der Waals surface area contributed by atoms with Crippen molar-refractivity contribution in [2.45, 2.75) is 18.1 Å². The van der Waals surface area contributed by atoms with E-state index in [-0.39, 0.29) is 17.8 Å². The fraction of sp³-hybridized carbons (Fsp3) is 0.500. The number of ether oxygens (including phenoxy) is 1. The zero-order chi connectivity index (χ0) is 15.5. The monoisotopic (exact) mass is 331 g/mol. The Balaban J connectivity index is 1.81. The minimum Gasteiger partial charge on any atom is -0.484 e. The Kier molecular flexibility index (Phi) is 5.11. The van der Waals surface area contributed by atoms with E-state index in [2.05, 4.69) is 0 Å². The summed E-state index contributed by atoms with van der Waals surface area (Å²) >= 11 is 5.77. The SMILES string of the molecule is CS(=O)(=O)C1CCN(C(=O)COc2ccc(Cl)cc2)CC1. The third kappa shape index (κ3) is 4.61. The van der Waals surface area contributed by atoms with Crippen LogP contribution in [0, 0.1) is 0 Å². The molecule has 0 aromatic heterocycles. The molecule has 0 saturated carbocycles. The first-order valence-corrected chi connectivity index (χ1v) is 9.04. The van der Waals surface area contributed by atoms with Gasteiger partial charge in [-0.05, 0) is 37.1 Å². The van der Waals surface area contributed by atoms with E-state index in [4.69, 9.17) is 16.3 Å². The number of halogens is 1. The first kappa shape index (κ1) is 16.1. The van der Waals surface area contributed by atoms with E-state index < -0.39 is 9.84 Å². The van der Waals surface area contributed by atoms with Gasteiger partial charge in [0.05, 0.1) is 5.25 Å². The molecule has 116 valence electrons. The molecule has 0 N–H and O–H groups in total. The van der Waals surface area contributed by atoms with Gasteiger partial charge in [-0.15, -0.1) is 0 Å². The Hall–Kier alpha value is -1.27. The van der Waals surface area contributed by atoms with Crippen LogP contribution in [0.2, 0.25) is 5.02 Å². The number of carbonyl (C=O) groups excluding carboxylic acids is 1. The Bertz CT molecular complexity index is 592. The lowest BCUT2D eigenvalue weighted by Crippen LogP contribution is -2.44.